The van der Waals surface area contributed by atoms with Gasteiger partial charge in [0.15, 0.2) is 0 Å². The van der Waals surface area contributed by atoms with Crippen LogP contribution in [0.2, 0.25) is 0 Å². The molecule has 0 aliphatic rings. The van der Waals surface area contributed by atoms with Crippen molar-refractivity contribution >= 4 is 28.4 Å². The van der Waals surface area contributed by atoms with Crippen LogP contribution in [0.3, 0.4) is 0 Å². The summed E-state index contributed by atoms with van der Waals surface area (Å²) < 4.78 is 0. The molecule has 0 aliphatic carbocycles. The minimum atomic E-state index is -0.493. The molecule has 0 bridgehead atoms. The number of hydrogen-bond acceptors (Lipinski definition) is 4. The number of rotatable bonds is 4. The molecule has 2 amide bonds. The van der Waals surface area contributed by atoms with E-state index < -0.39 is 5.91 Å². The van der Waals surface area contributed by atoms with Crippen molar-refractivity contribution in [3.63, 3.8) is 0 Å². The van der Waals surface area contributed by atoms with E-state index in [0.29, 0.717) is 16.6 Å². The number of carbonyl (C=O) groups excluding carboxylic acids is 2. The monoisotopic (exact) mass is 364 g/mol. The summed E-state index contributed by atoms with van der Waals surface area (Å²) in [4.78, 5) is 45.5. The Hall–Kier alpha value is -3.48. The van der Waals surface area contributed by atoms with Gasteiger partial charge in [-0.05, 0) is 38.1 Å². The van der Waals surface area contributed by atoms with E-state index in [1.807, 2.05) is 13.8 Å². The molecule has 0 spiro atoms. The Morgan fingerprint density at radius 2 is 1.85 bits per heavy atom. The molecule has 0 saturated heterocycles. The molecule has 138 valence electrons. The average Bonchev–Trinajstić information content (AvgIpc) is 2.67. The predicted octanol–water partition coefficient (Wildman–Crippen LogP) is 2.66. The average molecular weight is 364 g/mol. The van der Waals surface area contributed by atoms with Crippen molar-refractivity contribution in [3.05, 3.63) is 70.3 Å². The molecule has 3 rings (SSSR count). The largest absolute Gasteiger partial charge is 0.339 e. The number of amides is 2. The third-order valence-corrected chi connectivity index (χ3v) is 4.35. The molecule has 7 heteroatoms. The van der Waals surface area contributed by atoms with E-state index >= 15 is 0 Å². The molecule has 3 aromatic rings. The van der Waals surface area contributed by atoms with Crippen molar-refractivity contribution < 1.29 is 9.59 Å². The molecule has 27 heavy (non-hydrogen) atoms. The predicted molar refractivity (Wildman–Crippen MR) is 104 cm³/mol. The number of fused-ring (bicyclic) bond motifs is 1. The van der Waals surface area contributed by atoms with E-state index in [-0.39, 0.29) is 28.7 Å². The van der Waals surface area contributed by atoms with Crippen LogP contribution in [0.1, 0.15) is 34.7 Å². The molecule has 2 aromatic heterocycles. The van der Waals surface area contributed by atoms with Gasteiger partial charge in [0.05, 0.1) is 11.3 Å². The first-order valence-corrected chi connectivity index (χ1v) is 8.54. The molecule has 2 N–H and O–H groups in total. The molecule has 0 saturated carbocycles. The topological polar surface area (TPSA) is 95.2 Å². The molecule has 0 unspecified atom stereocenters. The van der Waals surface area contributed by atoms with E-state index in [1.165, 1.54) is 6.20 Å². The van der Waals surface area contributed by atoms with Crippen LogP contribution in [0, 0.1) is 0 Å². The summed E-state index contributed by atoms with van der Waals surface area (Å²) in [6.45, 7) is 3.82. The van der Waals surface area contributed by atoms with Gasteiger partial charge in [-0.1, -0.05) is 18.2 Å². The smallest absolute Gasteiger partial charge is 0.274 e. The maximum atomic E-state index is 12.7. The molecule has 0 radical (unpaired) electrons. The van der Waals surface area contributed by atoms with Crippen LogP contribution in [0.15, 0.2) is 53.5 Å². The van der Waals surface area contributed by atoms with Crippen molar-refractivity contribution in [1.29, 1.82) is 0 Å². The number of aromatic nitrogens is 2. The number of nitrogens with zero attached hydrogens (tertiary/aromatic N) is 2. The summed E-state index contributed by atoms with van der Waals surface area (Å²) in [5.41, 5.74) is 0.702. The van der Waals surface area contributed by atoms with Crippen LogP contribution in [-0.2, 0) is 0 Å². The standard InChI is InChI=1S/C20H20N4O3/c1-12(2)24(3)20(27)14-6-4-5-7-15(14)23-18(25)16-9-8-13-10-11-21-19(26)17(13)22-16/h4-12H,1-3H3,(H,21,26)(H,23,25). The molecular formula is C20H20N4O3. The molecule has 2 heterocycles. The zero-order valence-electron chi connectivity index (χ0n) is 15.3. The SMILES string of the molecule is CC(C)N(C)C(=O)c1ccccc1NC(=O)c1ccc2cc[nH]c(=O)c2n1. The van der Waals surface area contributed by atoms with Gasteiger partial charge in [0.1, 0.15) is 11.2 Å². The Balaban J connectivity index is 1.92. The van der Waals surface area contributed by atoms with Gasteiger partial charge in [-0.25, -0.2) is 4.98 Å². The number of carbonyl (C=O) groups is 2. The Morgan fingerprint density at radius 3 is 2.59 bits per heavy atom. The number of para-hydroxylation sites is 1. The number of benzene rings is 1. The lowest BCUT2D eigenvalue weighted by Crippen LogP contribution is -2.33. The first-order valence-electron chi connectivity index (χ1n) is 8.54. The molecule has 1 aromatic carbocycles. The van der Waals surface area contributed by atoms with Crippen LogP contribution in [-0.4, -0.2) is 39.8 Å². The number of anilines is 1. The van der Waals surface area contributed by atoms with Crippen LogP contribution in [0.25, 0.3) is 10.9 Å². The first kappa shape index (κ1) is 18.3. The summed E-state index contributed by atoms with van der Waals surface area (Å²) in [7, 11) is 1.71. The lowest BCUT2D eigenvalue weighted by Gasteiger charge is -2.22. The van der Waals surface area contributed by atoms with Gasteiger partial charge in [-0.3, -0.25) is 14.4 Å². The van der Waals surface area contributed by atoms with Crippen molar-refractivity contribution in [1.82, 2.24) is 14.9 Å². The fourth-order valence-electron chi connectivity index (χ4n) is 2.58. The second-order valence-electron chi connectivity index (χ2n) is 6.45. The number of nitrogens with one attached hydrogen (secondary N) is 2. The first-order chi connectivity index (χ1) is 12.9. The number of H-pyrrole nitrogens is 1. The van der Waals surface area contributed by atoms with Gasteiger partial charge >= 0.3 is 0 Å². The van der Waals surface area contributed by atoms with Crippen LogP contribution >= 0.6 is 0 Å². The van der Waals surface area contributed by atoms with Gasteiger partial charge in [0.25, 0.3) is 17.4 Å². The minimum absolute atomic E-state index is 0.0233. The van der Waals surface area contributed by atoms with Gasteiger partial charge in [0.2, 0.25) is 0 Å². The summed E-state index contributed by atoms with van der Waals surface area (Å²) >= 11 is 0. The Bertz CT molecular complexity index is 1070. The lowest BCUT2D eigenvalue weighted by atomic mass is 10.1. The van der Waals surface area contributed by atoms with Gasteiger partial charge in [0, 0.05) is 24.7 Å². The van der Waals surface area contributed by atoms with Crippen molar-refractivity contribution in [2.75, 3.05) is 12.4 Å². The Morgan fingerprint density at radius 1 is 1.11 bits per heavy atom. The maximum Gasteiger partial charge on any atom is 0.274 e. The van der Waals surface area contributed by atoms with Crippen molar-refractivity contribution in [2.24, 2.45) is 0 Å². The van der Waals surface area contributed by atoms with Gasteiger partial charge in [-0.2, -0.15) is 0 Å². The van der Waals surface area contributed by atoms with E-state index in [2.05, 4.69) is 15.3 Å². The fraction of sp³-hybridized carbons (Fsp3) is 0.200. The number of hydrogen-bond donors (Lipinski definition) is 2. The summed E-state index contributed by atoms with van der Waals surface area (Å²) in [6.07, 6.45) is 1.53. The van der Waals surface area contributed by atoms with E-state index in [4.69, 9.17) is 0 Å². The molecule has 7 nitrogen and oxygen atoms in total. The van der Waals surface area contributed by atoms with E-state index in [9.17, 15) is 14.4 Å². The normalized spacial score (nSPS) is 10.8. The van der Waals surface area contributed by atoms with Crippen molar-refractivity contribution in [2.45, 2.75) is 19.9 Å². The zero-order valence-corrected chi connectivity index (χ0v) is 15.3. The van der Waals surface area contributed by atoms with Crippen LogP contribution in [0.5, 0.6) is 0 Å². The summed E-state index contributed by atoms with van der Waals surface area (Å²) in [5, 5.41) is 3.37. The second kappa shape index (κ2) is 7.41. The van der Waals surface area contributed by atoms with Gasteiger partial charge < -0.3 is 15.2 Å². The minimum Gasteiger partial charge on any atom is -0.339 e. The number of pyridine rings is 2. The highest BCUT2D eigenvalue weighted by molar-refractivity contribution is 6.08. The highest BCUT2D eigenvalue weighted by atomic mass is 16.2. The third kappa shape index (κ3) is 3.72. The highest BCUT2D eigenvalue weighted by Crippen LogP contribution is 2.19. The zero-order chi connectivity index (χ0) is 19.6. The number of aromatic amines is 1. The third-order valence-electron chi connectivity index (χ3n) is 4.35. The molecular weight excluding hydrogens is 344 g/mol. The Labute approximate surface area is 156 Å². The second-order valence-corrected chi connectivity index (χ2v) is 6.45. The van der Waals surface area contributed by atoms with Crippen molar-refractivity contribution in [3.8, 4) is 0 Å². The van der Waals surface area contributed by atoms with Crippen LogP contribution in [0.4, 0.5) is 5.69 Å². The lowest BCUT2D eigenvalue weighted by molar-refractivity contribution is 0.0756. The summed E-state index contributed by atoms with van der Waals surface area (Å²) in [6, 6.07) is 11.7. The van der Waals surface area contributed by atoms with Crippen LogP contribution < -0.4 is 10.9 Å². The van der Waals surface area contributed by atoms with Gasteiger partial charge in [-0.15, -0.1) is 0 Å². The van der Waals surface area contributed by atoms with E-state index in [0.717, 1.165) is 0 Å². The fourth-order valence-corrected chi connectivity index (χ4v) is 2.58. The van der Waals surface area contributed by atoms with E-state index in [1.54, 1.807) is 54.4 Å². The Kier molecular flexibility index (Phi) is 5.03. The summed E-state index contributed by atoms with van der Waals surface area (Å²) in [5.74, 6) is -0.684. The molecule has 0 atom stereocenters. The maximum absolute atomic E-state index is 12.7. The quantitative estimate of drug-likeness (QED) is 0.744. The highest BCUT2D eigenvalue weighted by Gasteiger charge is 2.19. The molecule has 0 aliphatic heterocycles. The molecule has 0 fully saturated rings.